The summed E-state index contributed by atoms with van der Waals surface area (Å²) in [6, 6.07) is 32.8. The summed E-state index contributed by atoms with van der Waals surface area (Å²) in [5, 5.41) is 19.4. The Morgan fingerprint density at radius 2 is 0.732 bits per heavy atom. The third-order valence-corrected chi connectivity index (χ3v) is 9.92. The summed E-state index contributed by atoms with van der Waals surface area (Å²) >= 11 is 0. The molecule has 0 amide bonds. The van der Waals surface area contributed by atoms with Crippen LogP contribution in [0.1, 0.15) is 30.2 Å². The summed E-state index contributed by atoms with van der Waals surface area (Å²) < 4.78 is 8.58. The number of nitrogens with zero attached hydrogens (tertiary/aromatic N) is 10. The summed E-state index contributed by atoms with van der Waals surface area (Å²) in [5.41, 5.74) is 8.19. The first-order chi connectivity index (χ1) is 26.0. The van der Waals surface area contributed by atoms with E-state index in [2.05, 4.69) is 80.5 Å². The number of benzene rings is 4. The molecule has 2 radical (unpaired) electrons. The predicted octanol–water partition coefficient (Wildman–Crippen LogP) is 5.38. The van der Waals surface area contributed by atoms with Gasteiger partial charge in [-0.25, -0.2) is 19.9 Å². The molecule has 0 saturated carbocycles. The second-order valence-corrected chi connectivity index (χ2v) is 13.8. The number of imidazole rings is 4. The molecule has 8 rings (SSSR count). The van der Waals surface area contributed by atoms with Gasteiger partial charge in [-0.15, -0.1) is 0 Å². The fourth-order valence-electron chi connectivity index (χ4n) is 7.17. The molecular weight excluding hydrogens is 790 g/mol. The summed E-state index contributed by atoms with van der Waals surface area (Å²) in [5.74, 6) is 2.92. The van der Waals surface area contributed by atoms with Crippen molar-refractivity contribution in [2.24, 2.45) is 28.2 Å². The van der Waals surface area contributed by atoms with Gasteiger partial charge in [-0.2, -0.15) is 0 Å². The maximum atomic E-state index is 11.9. The number of carboxylic acid groups (broad SMARTS) is 1. The number of carbonyl (C=O) groups is 1. The Labute approximate surface area is 346 Å². The third-order valence-electron chi connectivity index (χ3n) is 9.92. The standard InChI is InChI=1S/C39H42N10O.C2H4O2.2Mn/c1-44-32-17-9-5-13-28(32)40-36(44)23-48(24-37-41-29-14-6-10-18-33(29)45(37)2)21-27(50)22-49(25-38-42-30-15-7-11-19-34(30)46(38)3)26-39-43-31-16-8-12-20-35(31)47(39)4;1-2(3)4;;/h5-20,27,50H,21-26H2,1-4H3;1H3,(H,3,4);;. The van der Waals surface area contributed by atoms with Crippen molar-refractivity contribution in [3.63, 3.8) is 0 Å². The maximum Gasteiger partial charge on any atom is 0.300 e. The fraction of sp³-hybridized carbons (Fsp3) is 0.293. The summed E-state index contributed by atoms with van der Waals surface area (Å²) in [4.78, 5) is 33.4. The molecule has 0 bridgehead atoms. The van der Waals surface area contributed by atoms with Crippen LogP contribution in [0.3, 0.4) is 0 Å². The van der Waals surface area contributed by atoms with Crippen molar-refractivity contribution in [1.29, 1.82) is 0 Å². The van der Waals surface area contributed by atoms with Crippen molar-refractivity contribution in [2.45, 2.75) is 39.2 Å². The van der Waals surface area contributed by atoms with Crippen molar-refractivity contribution >= 4 is 50.1 Å². The van der Waals surface area contributed by atoms with Crippen LogP contribution in [0.5, 0.6) is 0 Å². The predicted molar refractivity (Wildman–Crippen MR) is 210 cm³/mol. The monoisotopic (exact) mass is 836 g/mol. The van der Waals surface area contributed by atoms with Crippen LogP contribution >= 0.6 is 0 Å². The van der Waals surface area contributed by atoms with Gasteiger partial charge in [-0.1, -0.05) is 48.5 Å². The molecule has 0 spiro atoms. The van der Waals surface area contributed by atoms with Crippen LogP contribution in [0.4, 0.5) is 0 Å². The second-order valence-electron chi connectivity index (χ2n) is 13.8. The number of aliphatic hydroxyl groups excluding tert-OH is 1. The Hall–Kier alpha value is -4.85. The average molecular weight is 837 g/mol. The van der Waals surface area contributed by atoms with Crippen molar-refractivity contribution in [2.75, 3.05) is 13.1 Å². The van der Waals surface area contributed by atoms with Gasteiger partial charge >= 0.3 is 0 Å². The summed E-state index contributed by atoms with van der Waals surface area (Å²) in [6.45, 7) is 4.16. The number of para-hydroxylation sites is 8. The Morgan fingerprint density at radius 1 is 0.518 bits per heavy atom. The van der Waals surface area contributed by atoms with Crippen molar-refractivity contribution in [3.05, 3.63) is 120 Å². The number of hydrogen-bond donors (Lipinski definition) is 2. The van der Waals surface area contributed by atoms with Gasteiger partial charge in [0.15, 0.2) is 0 Å². The van der Waals surface area contributed by atoms with Gasteiger partial charge in [0.1, 0.15) is 23.3 Å². The Kier molecular flexibility index (Phi) is 13.9. The SMILES string of the molecule is CC(=O)O.Cn1c(CN(Cc2nc3ccccc3n2C)CC(O)CN(Cc2nc3ccccc3n2C)Cc2nc3ccccc3n2C)nc2ccccc21.[Mn].[Mn]. The van der Waals surface area contributed by atoms with Crippen LogP contribution in [-0.4, -0.2) is 83.4 Å². The van der Waals surface area contributed by atoms with Crippen LogP contribution in [0.25, 0.3) is 44.1 Å². The molecule has 0 fully saturated rings. The van der Waals surface area contributed by atoms with Crippen molar-refractivity contribution in [1.82, 2.24) is 48.0 Å². The maximum absolute atomic E-state index is 11.9. The molecule has 13 nitrogen and oxygen atoms in total. The van der Waals surface area contributed by atoms with Gasteiger partial charge < -0.3 is 28.5 Å². The van der Waals surface area contributed by atoms with E-state index >= 15 is 0 Å². The zero-order chi connectivity index (χ0) is 37.9. The zero-order valence-electron chi connectivity index (χ0n) is 32.1. The quantitative estimate of drug-likeness (QED) is 0.156. The van der Waals surface area contributed by atoms with Crippen LogP contribution in [-0.2, 0) is 93.3 Å². The van der Waals surface area contributed by atoms with Crippen LogP contribution in [0.15, 0.2) is 97.1 Å². The number of aliphatic carboxylic acids is 1. The molecule has 2 N–H and O–H groups in total. The van der Waals surface area contributed by atoms with Gasteiger partial charge in [-0.3, -0.25) is 14.6 Å². The van der Waals surface area contributed by atoms with Crippen LogP contribution in [0, 0.1) is 0 Å². The molecule has 15 heteroatoms. The Balaban J connectivity index is 0.000000956. The topological polar surface area (TPSA) is 135 Å². The number of fused-ring (bicyclic) bond motifs is 4. The van der Waals surface area contributed by atoms with E-state index in [1.54, 1.807) is 0 Å². The molecular formula is C41H46Mn2N10O3. The number of hydrogen-bond acceptors (Lipinski definition) is 8. The Bertz CT molecular complexity index is 2240. The molecule has 0 saturated heterocycles. The molecule has 0 aliphatic rings. The molecule has 0 aliphatic heterocycles. The van der Waals surface area contributed by atoms with E-state index in [1.165, 1.54) is 0 Å². The van der Waals surface area contributed by atoms with Crippen molar-refractivity contribution < 1.29 is 49.1 Å². The van der Waals surface area contributed by atoms with E-state index in [9.17, 15) is 5.11 Å². The van der Waals surface area contributed by atoms with E-state index in [4.69, 9.17) is 29.8 Å². The molecule has 4 aromatic heterocycles. The molecule has 4 heterocycles. The van der Waals surface area contributed by atoms with E-state index in [0.717, 1.165) is 74.4 Å². The van der Waals surface area contributed by atoms with Gasteiger partial charge in [0.05, 0.1) is 76.4 Å². The number of aryl methyl sites for hydroxylation is 4. The molecule has 292 valence electrons. The molecule has 0 aliphatic carbocycles. The van der Waals surface area contributed by atoms with Gasteiger partial charge in [0.25, 0.3) is 5.97 Å². The van der Waals surface area contributed by atoms with Gasteiger partial charge in [0.2, 0.25) is 0 Å². The number of aromatic nitrogens is 8. The first kappa shape index (κ1) is 42.3. The molecule has 0 unspecified atom stereocenters. The van der Waals surface area contributed by atoms with Crippen LogP contribution < -0.4 is 0 Å². The molecule has 8 aromatic rings. The molecule has 56 heavy (non-hydrogen) atoms. The second kappa shape index (κ2) is 18.4. The molecule has 4 aromatic carbocycles. The average Bonchev–Trinajstić information content (AvgIpc) is 3.85. The number of rotatable bonds is 12. The van der Waals surface area contributed by atoms with Crippen LogP contribution in [0.2, 0.25) is 0 Å². The van der Waals surface area contributed by atoms with E-state index in [-0.39, 0.29) is 34.1 Å². The minimum Gasteiger partial charge on any atom is -0.481 e. The normalized spacial score (nSPS) is 11.4. The van der Waals surface area contributed by atoms with Gasteiger partial charge in [0, 0.05) is 82.3 Å². The smallest absolute Gasteiger partial charge is 0.300 e. The molecule has 0 atom stereocenters. The Morgan fingerprint density at radius 3 is 0.946 bits per heavy atom. The number of carboxylic acids is 1. The van der Waals surface area contributed by atoms with E-state index in [1.807, 2.05) is 72.8 Å². The third kappa shape index (κ3) is 9.22. The van der Waals surface area contributed by atoms with E-state index < -0.39 is 12.1 Å². The largest absolute Gasteiger partial charge is 0.481 e. The number of aliphatic hydroxyl groups is 1. The minimum absolute atomic E-state index is 0. The first-order valence-electron chi connectivity index (χ1n) is 18.0. The minimum atomic E-state index is -0.833. The first-order valence-corrected chi connectivity index (χ1v) is 18.0. The zero-order valence-corrected chi connectivity index (χ0v) is 34.4. The summed E-state index contributed by atoms with van der Waals surface area (Å²) in [6.07, 6.45) is -0.677. The van der Waals surface area contributed by atoms with Gasteiger partial charge in [-0.05, 0) is 48.5 Å². The van der Waals surface area contributed by atoms with E-state index in [0.29, 0.717) is 39.3 Å². The van der Waals surface area contributed by atoms with Crippen molar-refractivity contribution in [3.8, 4) is 0 Å². The fourth-order valence-corrected chi connectivity index (χ4v) is 7.17. The summed E-state index contributed by atoms with van der Waals surface area (Å²) in [7, 11) is 8.24.